The maximum atomic E-state index is 10.7. The van der Waals surface area contributed by atoms with E-state index in [9.17, 15) is 18.5 Å². The lowest BCUT2D eigenvalue weighted by Gasteiger charge is -1.98. The van der Waals surface area contributed by atoms with E-state index < -0.39 is 15.0 Å². The van der Waals surface area contributed by atoms with Gasteiger partial charge in [-0.1, -0.05) is 0 Å². The molecular formula is C6H9N3O5S. The summed E-state index contributed by atoms with van der Waals surface area (Å²) in [4.78, 5) is 13.5. The monoisotopic (exact) mass is 235 g/mol. The van der Waals surface area contributed by atoms with Gasteiger partial charge in [0.2, 0.25) is 5.82 Å². The van der Waals surface area contributed by atoms with Crippen LogP contribution in [0.2, 0.25) is 0 Å². The Hall–Kier alpha value is -1.48. The highest BCUT2D eigenvalue weighted by molar-refractivity contribution is 7.85. The van der Waals surface area contributed by atoms with Gasteiger partial charge in [0.1, 0.15) is 12.8 Å². The van der Waals surface area contributed by atoms with Gasteiger partial charge in [-0.15, -0.1) is 0 Å². The van der Waals surface area contributed by atoms with Crippen LogP contribution in [0.3, 0.4) is 0 Å². The van der Waals surface area contributed by atoms with Gasteiger partial charge in [-0.25, -0.2) is 9.55 Å². The zero-order valence-corrected chi connectivity index (χ0v) is 8.89. The number of hydrogen-bond acceptors (Lipinski definition) is 6. The molecule has 0 bridgehead atoms. The second-order valence-electron chi connectivity index (χ2n) is 2.82. The fraction of sp³-hybridized carbons (Fsp3) is 0.500. The molecule has 0 saturated carbocycles. The molecule has 84 valence electrons. The lowest BCUT2D eigenvalue weighted by atomic mass is 10.6. The smallest absolute Gasteiger partial charge is 0.342 e. The van der Waals surface area contributed by atoms with E-state index in [0.717, 1.165) is 17.0 Å². The first-order valence-corrected chi connectivity index (χ1v) is 5.62. The van der Waals surface area contributed by atoms with Gasteiger partial charge in [0.15, 0.2) is 0 Å². The Labute approximate surface area is 85.8 Å². The zero-order valence-electron chi connectivity index (χ0n) is 8.08. The molecule has 0 aliphatic carbocycles. The van der Waals surface area contributed by atoms with Crippen LogP contribution in [0.4, 0.5) is 5.82 Å². The number of nitrogens with zero attached hydrogens (tertiary/aromatic N) is 3. The molecule has 8 nitrogen and oxygen atoms in total. The second-order valence-corrected chi connectivity index (χ2v) is 4.46. The normalized spacial score (nSPS) is 11.6. The van der Waals surface area contributed by atoms with Crippen molar-refractivity contribution in [1.29, 1.82) is 0 Å². The largest absolute Gasteiger partial charge is 0.358 e. The molecule has 1 heterocycles. The topological polar surface area (TPSA) is 104 Å². The van der Waals surface area contributed by atoms with Crippen molar-refractivity contribution in [3.8, 4) is 0 Å². The standard InChI is InChI=1S/C6H9N3O5S/c1-8-5(4-14-15(2,12)13)7-3-6(8)9(10)11/h3H,4H2,1-2H3. The molecule has 0 atom stereocenters. The Morgan fingerprint density at radius 2 is 2.27 bits per heavy atom. The molecule has 0 unspecified atom stereocenters. The summed E-state index contributed by atoms with van der Waals surface area (Å²) in [7, 11) is -2.16. The van der Waals surface area contributed by atoms with Crippen LogP contribution in [-0.4, -0.2) is 29.1 Å². The summed E-state index contributed by atoms with van der Waals surface area (Å²) in [6.45, 7) is -0.316. The molecule has 0 radical (unpaired) electrons. The van der Waals surface area contributed by atoms with Crippen LogP contribution in [0, 0.1) is 10.1 Å². The lowest BCUT2D eigenvalue weighted by Crippen LogP contribution is -2.07. The Bertz CT molecular complexity index is 477. The van der Waals surface area contributed by atoms with E-state index in [-0.39, 0.29) is 18.2 Å². The van der Waals surface area contributed by atoms with Crippen LogP contribution in [0.15, 0.2) is 6.20 Å². The molecule has 0 N–H and O–H groups in total. The summed E-state index contributed by atoms with van der Waals surface area (Å²) >= 11 is 0. The summed E-state index contributed by atoms with van der Waals surface area (Å²) in [6, 6.07) is 0. The van der Waals surface area contributed by atoms with Crippen LogP contribution in [0.5, 0.6) is 0 Å². The van der Waals surface area contributed by atoms with Crippen molar-refractivity contribution in [2.75, 3.05) is 6.26 Å². The van der Waals surface area contributed by atoms with Crippen LogP contribution < -0.4 is 0 Å². The molecule has 15 heavy (non-hydrogen) atoms. The minimum Gasteiger partial charge on any atom is -0.358 e. The number of aromatic nitrogens is 2. The Kier molecular flexibility index (Phi) is 3.05. The molecule has 0 fully saturated rings. The highest BCUT2D eigenvalue weighted by Gasteiger charge is 2.17. The maximum Gasteiger partial charge on any atom is 0.342 e. The van der Waals surface area contributed by atoms with Crippen molar-refractivity contribution >= 4 is 15.9 Å². The van der Waals surface area contributed by atoms with Crippen molar-refractivity contribution in [3.63, 3.8) is 0 Å². The molecule has 0 saturated heterocycles. The van der Waals surface area contributed by atoms with E-state index in [1.165, 1.54) is 7.05 Å². The second kappa shape index (κ2) is 3.95. The molecule has 0 aliphatic heterocycles. The Morgan fingerprint density at radius 3 is 2.67 bits per heavy atom. The third-order valence-electron chi connectivity index (χ3n) is 1.65. The van der Waals surface area contributed by atoms with Crippen molar-refractivity contribution in [1.82, 2.24) is 9.55 Å². The number of nitro groups is 1. The Balaban J connectivity index is 2.84. The molecular weight excluding hydrogens is 226 g/mol. The van der Waals surface area contributed by atoms with E-state index >= 15 is 0 Å². The molecule has 0 amide bonds. The van der Waals surface area contributed by atoms with E-state index in [2.05, 4.69) is 9.17 Å². The van der Waals surface area contributed by atoms with Crippen LogP contribution in [-0.2, 0) is 28.0 Å². The number of rotatable bonds is 4. The average molecular weight is 235 g/mol. The molecule has 1 rings (SSSR count). The van der Waals surface area contributed by atoms with Gasteiger partial charge < -0.3 is 10.1 Å². The molecule has 9 heteroatoms. The van der Waals surface area contributed by atoms with Crippen LogP contribution in [0.25, 0.3) is 0 Å². The Morgan fingerprint density at radius 1 is 1.67 bits per heavy atom. The molecule has 1 aromatic rings. The average Bonchev–Trinajstić information content (AvgIpc) is 2.42. The van der Waals surface area contributed by atoms with Crippen LogP contribution in [0.1, 0.15) is 5.82 Å². The van der Waals surface area contributed by atoms with Crippen molar-refractivity contribution < 1.29 is 17.5 Å². The van der Waals surface area contributed by atoms with E-state index in [0.29, 0.717) is 0 Å². The highest BCUT2D eigenvalue weighted by atomic mass is 32.2. The van der Waals surface area contributed by atoms with Gasteiger partial charge in [-0.2, -0.15) is 8.42 Å². The fourth-order valence-corrected chi connectivity index (χ4v) is 1.22. The van der Waals surface area contributed by atoms with Gasteiger partial charge in [0, 0.05) is 0 Å². The minimum absolute atomic E-state index is 0.173. The quantitative estimate of drug-likeness (QED) is 0.406. The predicted octanol–water partition coefficient (Wildman–Crippen LogP) is -0.196. The van der Waals surface area contributed by atoms with Crippen molar-refractivity contribution in [2.45, 2.75) is 6.61 Å². The molecule has 0 spiro atoms. The van der Waals surface area contributed by atoms with Gasteiger partial charge >= 0.3 is 5.82 Å². The first-order chi connectivity index (χ1) is 6.81. The summed E-state index contributed by atoms with van der Waals surface area (Å²) in [5.74, 6) is -0.0470. The number of hydrogen-bond donors (Lipinski definition) is 0. The van der Waals surface area contributed by atoms with Gasteiger partial charge in [0.25, 0.3) is 10.1 Å². The van der Waals surface area contributed by atoms with Crippen molar-refractivity contribution in [2.24, 2.45) is 7.05 Å². The van der Waals surface area contributed by atoms with Crippen molar-refractivity contribution in [3.05, 3.63) is 22.1 Å². The maximum absolute atomic E-state index is 10.7. The summed E-state index contributed by atoms with van der Waals surface area (Å²) < 4.78 is 26.9. The SMILES string of the molecule is Cn1c([N+](=O)[O-])cnc1COS(C)(=O)=O. The van der Waals surface area contributed by atoms with Gasteiger partial charge in [0.05, 0.1) is 13.3 Å². The van der Waals surface area contributed by atoms with E-state index in [4.69, 9.17) is 0 Å². The summed E-state index contributed by atoms with van der Waals surface area (Å²) in [5, 5.41) is 10.4. The fourth-order valence-electron chi connectivity index (χ4n) is 0.901. The molecule has 0 aliphatic rings. The summed E-state index contributed by atoms with van der Waals surface area (Å²) in [6.07, 6.45) is 1.94. The molecule has 1 aromatic heterocycles. The predicted molar refractivity (Wildman–Crippen MR) is 49.5 cm³/mol. The van der Waals surface area contributed by atoms with Crippen LogP contribution >= 0.6 is 0 Å². The molecule has 0 aromatic carbocycles. The summed E-state index contributed by atoms with van der Waals surface area (Å²) in [5.41, 5.74) is 0. The first-order valence-electron chi connectivity index (χ1n) is 3.80. The van der Waals surface area contributed by atoms with Gasteiger partial charge in [-0.3, -0.25) is 4.18 Å². The van der Waals surface area contributed by atoms with E-state index in [1.54, 1.807) is 0 Å². The zero-order chi connectivity index (χ0) is 11.6. The number of imidazole rings is 1. The third-order valence-corrected chi connectivity index (χ3v) is 2.20. The highest BCUT2D eigenvalue weighted by Crippen LogP contribution is 2.12. The first kappa shape index (κ1) is 11.6. The van der Waals surface area contributed by atoms with E-state index in [1.807, 2.05) is 0 Å². The van der Waals surface area contributed by atoms with Gasteiger partial charge in [-0.05, 0) is 4.92 Å². The minimum atomic E-state index is -3.57. The third kappa shape index (κ3) is 2.99. The lowest BCUT2D eigenvalue weighted by molar-refractivity contribution is -0.391.